The summed E-state index contributed by atoms with van der Waals surface area (Å²) in [6, 6.07) is 8.43. The molecule has 1 fully saturated rings. The lowest BCUT2D eigenvalue weighted by Gasteiger charge is -2.07. The van der Waals surface area contributed by atoms with E-state index >= 15 is 0 Å². The topological polar surface area (TPSA) is 17.8 Å². The van der Waals surface area contributed by atoms with Gasteiger partial charge in [-0.3, -0.25) is 0 Å². The largest absolute Gasteiger partial charge is 0.240 e. The minimum absolute atomic E-state index is 0.704. The number of hydrogen-bond acceptors (Lipinski definition) is 1. The van der Waals surface area contributed by atoms with Gasteiger partial charge in [0, 0.05) is 21.9 Å². The van der Waals surface area contributed by atoms with Crippen molar-refractivity contribution in [2.45, 2.75) is 24.1 Å². The first-order valence-electron chi connectivity index (χ1n) is 5.68. The van der Waals surface area contributed by atoms with Gasteiger partial charge in [-0.05, 0) is 36.6 Å². The molecule has 88 valence electrons. The van der Waals surface area contributed by atoms with Crippen molar-refractivity contribution in [2.75, 3.05) is 0 Å². The lowest BCUT2D eigenvalue weighted by Crippen LogP contribution is -1.99. The van der Waals surface area contributed by atoms with Crippen molar-refractivity contribution in [1.29, 1.82) is 0 Å². The van der Waals surface area contributed by atoms with E-state index in [2.05, 4.69) is 67.4 Å². The van der Waals surface area contributed by atoms with Crippen LogP contribution in [0, 0.1) is 0 Å². The van der Waals surface area contributed by atoms with Crippen LogP contribution in [-0.2, 0) is 5.33 Å². The standard InChI is InChI=1S/C13H12Br2N2/c14-8-10-3-4-11(15)7-13(10)17-6-5-12(16-17)9-1-2-9/h3-7,9H,1-2,8H2. The number of hydrogen-bond donors (Lipinski definition) is 0. The van der Waals surface area contributed by atoms with Gasteiger partial charge in [0.2, 0.25) is 0 Å². The van der Waals surface area contributed by atoms with Gasteiger partial charge in [0.1, 0.15) is 0 Å². The maximum Gasteiger partial charge on any atom is 0.0697 e. The molecule has 1 aliphatic rings. The smallest absolute Gasteiger partial charge is 0.0697 e. The second-order valence-electron chi connectivity index (χ2n) is 4.37. The van der Waals surface area contributed by atoms with Crippen molar-refractivity contribution in [3.63, 3.8) is 0 Å². The van der Waals surface area contributed by atoms with Crippen molar-refractivity contribution < 1.29 is 0 Å². The van der Waals surface area contributed by atoms with Gasteiger partial charge in [-0.15, -0.1) is 0 Å². The Balaban J connectivity index is 2.03. The minimum Gasteiger partial charge on any atom is -0.240 e. The molecule has 0 aliphatic heterocycles. The van der Waals surface area contributed by atoms with Gasteiger partial charge < -0.3 is 0 Å². The maximum absolute atomic E-state index is 4.67. The highest BCUT2D eigenvalue weighted by atomic mass is 79.9. The lowest BCUT2D eigenvalue weighted by molar-refractivity contribution is 0.831. The molecule has 2 aromatic rings. The molecule has 3 rings (SSSR count). The minimum atomic E-state index is 0.704. The van der Waals surface area contributed by atoms with Crippen molar-refractivity contribution in [1.82, 2.24) is 9.78 Å². The SMILES string of the molecule is BrCc1ccc(Br)cc1-n1ccc(C2CC2)n1. The van der Waals surface area contributed by atoms with Gasteiger partial charge in [0.25, 0.3) is 0 Å². The molecule has 1 aromatic carbocycles. The summed E-state index contributed by atoms with van der Waals surface area (Å²) in [5.74, 6) is 0.704. The zero-order valence-corrected chi connectivity index (χ0v) is 12.4. The molecule has 2 nitrogen and oxygen atoms in total. The molecule has 0 saturated heterocycles. The fourth-order valence-corrected chi connectivity index (χ4v) is 2.76. The second kappa shape index (κ2) is 4.58. The van der Waals surface area contributed by atoms with E-state index in [1.807, 2.05) is 4.68 Å². The second-order valence-corrected chi connectivity index (χ2v) is 5.84. The van der Waals surface area contributed by atoms with Crippen LogP contribution in [0.4, 0.5) is 0 Å². The number of rotatable bonds is 3. The van der Waals surface area contributed by atoms with Crippen molar-refractivity contribution in [3.8, 4) is 5.69 Å². The van der Waals surface area contributed by atoms with E-state index in [1.54, 1.807) is 0 Å². The number of nitrogens with zero attached hydrogens (tertiary/aromatic N) is 2. The first-order chi connectivity index (χ1) is 8.28. The van der Waals surface area contributed by atoms with Gasteiger partial charge in [-0.1, -0.05) is 37.9 Å². The van der Waals surface area contributed by atoms with Crippen LogP contribution in [0.1, 0.15) is 30.0 Å². The van der Waals surface area contributed by atoms with Gasteiger partial charge in [-0.2, -0.15) is 5.10 Å². The Morgan fingerprint density at radius 2 is 2.12 bits per heavy atom. The molecular weight excluding hydrogens is 344 g/mol. The lowest BCUT2D eigenvalue weighted by atomic mass is 10.2. The third-order valence-corrected chi connectivity index (χ3v) is 4.14. The Morgan fingerprint density at radius 3 is 2.82 bits per heavy atom. The average molecular weight is 356 g/mol. The van der Waals surface area contributed by atoms with Gasteiger partial charge in [0.15, 0.2) is 0 Å². The van der Waals surface area contributed by atoms with Gasteiger partial charge >= 0.3 is 0 Å². The molecule has 0 amide bonds. The molecule has 1 saturated carbocycles. The molecule has 1 aliphatic carbocycles. The van der Waals surface area contributed by atoms with Crippen LogP contribution >= 0.6 is 31.9 Å². The van der Waals surface area contributed by atoms with Crippen LogP contribution in [0.2, 0.25) is 0 Å². The highest BCUT2D eigenvalue weighted by Crippen LogP contribution is 2.39. The number of benzene rings is 1. The Kier molecular flexibility index (Phi) is 3.09. The van der Waals surface area contributed by atoms with E-state index in [9.17, 15) is 0 Å². The summed E-state index contributed by atoms with van der Waals surface area (Å²) < 4.78 is 3.07. The quantitative estimate of drug-likeness (QED) is 0.746. The van der Waals surface area contributed by atoms with Gasteiger partial charge in [0.05, 0.1) is 11.4 Å². The zero-order chi connectivity index (χ0) is 11.8. The molecule has 0 atom stereocenters. The van der Waals surface area contributed by atoms with Crippen LogP contribution in [0.5, 0.6) is 0 Å². The van der Waals surface area contributed by atoms with E-state index in [-0.39, 0.29) is 0 Å². The summed E-state index contributed by atoms with van der Waals surface area (Å²) in [7, 11) is 0. The molecule has 0 radical (unpaired) electrons. The van der Waals surface area contributed by atoms with Crippen LogP contribution < -0.4 is 0 Å². The summed E-state index contributed by atoms with van der Waals surface area (Å²) in [6.07, 6.45) is 4.64. The van der Waals surface area contributed by atoms with E-state index in [1.165, 1.54) is 24.1 Å². The monoisotopic (exact) mass is 354 g/mol. The summed E-state index contributed by atoms with van der Waals surface area (Å²) in [5.41, 5.74) is 3.62. The van der Waals surface area contributed by atoms with Crippen LogP contribution in [0.25, 0.3) is 5.69 Å². The fraction of sp³-hybridized carbons (Fsp3) is 0.308. The zero-order valence-electron chi connectivity index (χ0n) is 9.24. The number of alkyl halides is 1. The number of aromatic nitrogens is 2. The third-order valence-electron chi connectivity index (χ3n) is 3.04. The van der Waals surface area contributed by atoms with E-state index in [0.717, 1.165) is 15.5 Å². The average Bonchev–Trinajstić information content (AvgIpc) is 3.07. The summed E-state index contributed by atoms with van der Waals surface area (Å²) >= 11 is 7.04. The highest BCUT2D eigenvalue weighted by Gasteiger charge is 2.26. The first kappa shape index (κ1) is 11.5. The maximum atomic E-state index is 4.67. The van der Waals surface area contributed by atoms with Crippen molar-refractivity contribution >= 4 is 31.9 Å². The van der Waals surface area contributed by atoms with Gasteiger partial charge in [-0.25, -0.2) is 4.68 Å². The molecule has 1 heterocycles. The Hall–Kier alpha value is -0.610. The normalized spacial score (nSPS) is 15.2. The van der Waals surface area contributed by atoms with E-state index in [4.69, 9.17) is 0 Å². The molecule has 1 aromatic heterocycles. The molecule has 0 N–H and O–H groups in total. The highest BCUT2D eigenvalue weighted by molar-refractivity contribution is 9.10. The molecule has 17 heavy (non-hydrogen) atoms. The predicted molar refractivity (Wildman–Crippen MR) is 75.9 cm³/mol. The van der Waals surface area contributed by atoms with E-state index < -0.39 is 0 Å². The Labute approximate surface area is 117 Å². The van der Waals surface area contributed by atoms with Crippen molar-refractivity contribution in [2.24, 2.45) is 0 Å². The molecule has 0 spiro atoms. The molecular formula is C13H12Br2N2. The molecule has 4 heteroatoms. The number of halogens is 2. The Morgan fingerprint density at radius 1 is 1.29 bits per heavy atom. The van der Waals surface area contributed by atoms with Crippen LogP contribution in [0.3, 0.4) is 0 Å². The summed E-state index contributed by atoms with van der Waals surface area (Å²) in [5, 5.41) is 5.51. The Bertz CT molecular complexity index is 544. The van der Waals surface area contributed by atoms with Crippen molar-refractivity contribution in [3.05, 3.63) is 46.2 Å². The summed E-state index contributed by atoms with van der Waals surface area (Å²) in [4.78, 5) is 0. The fourth-order valence-electron chi connectivity index (χ4n) is 1.93. The third kappa shape index (κ3) is 2.33. The summed E-state index contributed by atoms with van der Waals surface area (Å²) in [6.45, 7) is 0. The van der Waals surface area contributed by atoms with Crippen LogP contribution in [0.15, 0.2) is 34.9 Å². The van der Waals surface area contributed by atoms with Crippen LogP contribution in [-0.4, -0.2) is 9.78 Å². The molecule has 0 unspecified atom stereocenters. The first-order valence-corrected chi connectivity index (χ1v) is 7.59. The van der Waals surface area contributed by atoms with E-state index in [0.29, 0.717) is 5.92 Å². The molecule has 0 bridgehead atoms. The predicted octanol–water partition coefficient (Wildman–Crippen LogP) is 4.41.